The largest absolute Gasteiger partial charge is 0.325 e. The molecule has 156 valence electrons. The monoisotopic (exact) mass is 427 g/mol. The summed E-state index contributed by atoms with van der Waals surface area (Å²) in [6.07, 6.45) is 2.51. The first-order valence-corrected chi connectivity index (χ1v) is 10.4. The van der Waals surface area contributed by atoms with E-state index in [0.29, 0.717) is 0 Å². The zero-order valence-corrected chi connectivity index (χ0v) is 16.4. The van der Waals surface area contributed by atoms with Gasteiger partial charge in [-0.1, -0.05) is 6.07 Å². The van der Waals surface area contributed by atoms with Crippen LogP contribution >= 0.6 is 0 Å². The van der Waals surface area contributed by atoms with E-state index in [1.165, 1.54) is 17.2 Å². The molecule has 1 fully saturated rings. The summed E-state index contributed by atoms with van der Waals surface area (Å²) in [6, 6.07) is 4.85. The molecule has 2 amide bonds. The van der Waals surface area contributed by atoms with E-state index in [-0.39, 0.29) is 31.6 Å². The molecule has 1 aliphatic heterocycles. The fourth-order valence-corrected chi connectivity index (χ4v) is 5.03. The number of urea groups is 1. The van der Waals surface area contributed by atoms with E-state index in [1.807, 2.05) is 0 Å². The summed E-state index contributed by atoms with van der Waals surface area (Å²) >= 11 is 0. The van der Waals surface area contributed by atoms with Crippen LogP contribution in [0.2, 0.25) is 0 Å². The number of amides is 2. The number of carbonyl (C=O) groups excluding carboxylic acids is 1. The number of aromatic nitrogens is 1. The lowest BCUT2D eigenvalue weighted by atomic mass is 9.92. The molecule has 0 saturated carbocycles. The third-order valence-electron chi connectivity index (χ3n) is 5.10. The molecule has 6 nitrogen and oxygen atoms in total. The van der Waals surface area contributed by atoms with Crippen LogP contribution in [-0.2, 0) is 9.84 Å². The molecular weight excluding hydrogens is 407 g/mol. The average Bonchev–Trinajstić information content (AvgIpc) is 2.68. The zero-order chi connectivity index (χ0) is 21.2. The quantitative estimate of drug-likeness (QED) is 0.806. The summed E-state index contributed by atoms with van der Waals surface area (Å²) in [5.74, 6) is -2.23. The number of hydrogen-bond acceptors (Lipinski definition) is 4. The number of rotatable bonds is 4. The van der Waals surface area contributed by atoms with Gasteiger partial charge in [-0.25, -0.2) is 26.4 Å². The SMILES string of the molecule is CC(F)(C1CCN(C(=O)Nc2cncc(F)c2)CC1)S(=O)(=O)c1cccc(F)c1. The Labute approximate surface area is 166 Å². The van der Waals surface area contributed by atoms with Gasteiger partial charge in [0, 0.05) is 25.1 Å². The van der Waals surface area contributed by atoms with Crippen LogP contribution in [0.25, 0.3) is 0 Å². The Morgan fingerprint density at radius 1 is 1.17 bits per heavy atom. The maximum absolute atomic E-state index is 15.4. The van der Waals surface area contributed by atoms with Crippen molar-refractivity contribution in [2.75, 3.05) is 18.4 Å². The minimum Gasteiger partial charge on any atom is -0.325 e. The molecule has 2 aromatic rings. The number of benzene rings is 1. The number of nitrogens with one attached hydrogen (secondary N) is 1. The molecule has 1 saturated heterocycles. The number of pyridine rings is 1. The minimum absolute atomic E-state index is 0.108. The van der Waals surface area contributed by atoms with Crippen LogP contribution in [0, 0.1) is 17.6 Å². The number of alkyl halides is 1. The van der Waals surface area contributed by atoms with Gasteiger partial charge in [0.2, 0.25) is 14.8 Å². The van der Waals surface area contributed by atoms with E-state index in [1.54, 1.807) is 0 Å². The summed E-state index contributed by atoms with van der Waals surface area (Å²) in [6.45, 7) is 1.22. The second-order valence-electron chi connectivity index (χ2n) is 7.03. The van der Waals surface area contributed by atoms with Gasteiger partial charge in [0.05, 0.1) is 23.0 Å². The van der Waals surface area contributed by atoms with Crippen molar-refractivity contribution in [1.29, 1.82) is 0 Å². The predicted octanol–water partition coefficient (Wildman–Crippen LogP) is 3.76. The molecule has 1 aliphatic rings. The molecule has 10 heteroatoms. The normalized spacial score (nSPS) is 17.6. The van der Waals surface area contributed by atoms with Crippen LogP contribution in [0.5, 0.6) is 0 Å². The highest BCUT2D eigenvalue weighted by atomic mass is 32.2. The van der Waals surface area contributed by atoms with E-state index in [4.69, 9.17) is 0 Å². The van der Waals surface area contributed by atoms with Crippen LogP contribution in [0.15, 0.2) is 47.6 Å². The van der Waals surface area contributed by atoms with Crippen LogP contribution in [0.3, 0.4) is 0 Å². The Hall–Kier alpha value is -2.62. The van der Waals surface area contributed by atoms with Gasteiger partial charge in [-0.3, -0.25) is 4.98 Å². The van der Waals surface area contributed by atoms with Crippen LogP contribution < -0.4 is 5.32 Å². The molecule has 1 unspecified atom stereocenters. The molecule has 0 radical (unpaired) electrons. The smallest absolute Gasteiger partial charge is 0.321 e. The summed E-state index contributed by atoms with van der Waals surface area (Å²) in [5, 5.41) is -0.116. The molecule has 0 spiro atoms. The summed E-state index contributed by atoms with van der Waals surface area (Å²) in [5.41, 5.74) is 0.182. The van der Waals surface area contributed by atoms with Gasteiger partial charge < -0.3 is 10.2 Å². The van der Waals surface area contributed by atoms with Crippen LogP contribution in [-0.4, -0.2) is 42.4 Å². The zero-order valence-electron chi connectivity index (χ0n) is 15.6. The minimum atomic E-state index is -4.43. The maximum atomic E-state index is 15.4. The van der Waals surface area contributed by atoms with E-state index < -0.39 is 43.3 Å². The molecule has 1 aromatic carbocycles. The number of sulfone groups is 1. The maximum Gasteiger partial charge on any atom is 0.321 e. The molecule has 1 aromatic heterocycles. The molecule has 1 N–H and O–H groups in total. The molecule has 3 rings (SSSR count). The number of hydrogen-bond donors (Lipinski definition) is 1. The van der Waals surface area contributed by atoms with Gasteiger partial charge in [0.15, 0.2) is 0 Å². The summed E-state index contributed by atoms with van der Waals surface area (Å²) < 4.78 is 67.4. The Morgan fingerprint density at radius 2 is 1.86 bits per heavy atom. The lowest BCUT2D eigenvalue weighted by Gasteiger charge is -2.37. The Kier molecular flexibility index (Phi) is 5.83. The van der Waals surface area contributed by atoms with Crippen LogP contribution in [0.1, 0.15) is 19.8 Å². The highest BCUT2D eigenvalue weighted by Gasteiger charge is 2.48. The Balaban J connectivity index is 1.67. The molecular formula is C19H20F3N3O3S. The highest BCUT2D eigenvalue weighted by molar-refractivity contribution is 7.92. The summed E-state index contributed by atoms with van der Waals surface area (Å²) in [4.78, 5) is 16.9. The van der Waals surface area contributed by atoms with Crippen molar-refractivity contribution >= 4 is 21.6 Å². The topological polar surface area (TPSA) is 79.4 Å². The molecule has 0 aliphatic carbocycles. The second kappa shape index (κ2) is 8.02. The molecule has 1 atom stereocenters. The van der Waals surface area contributed by atoms with Gasteiger partial charge >= 0.3 is 6.03 Å². The van der Waals surface area contributed by atoms with E-state index in [2.05, 4.69) is 10.3 Å². The van der Waals surface area contributed by atoms with Crippen molar-refractivity contribution < 1.29 is 26.4 Å². The third-order valence-corrected chi connectivity index (χ3v) is 7.36. The van der Waals surface area contributed by atoms with Crippen molar-refractivity contribution in [3.8, 4) is 0 Å². The Bertz CT molecular complexity index is 1010. The second-order valence-corrected chi connectivity index (χ2v) is 9.31. The number of nitrogens with zero attached hydrogens (tertiary/aromatic N) is 2. The Morgan fingerprint density at radius 3 is 2.48 bits per heavy atom. The number of piperidine rings is 1. The van der Waals surface area contributed by atoms with Crippen molar-refractivity contribution in [1.82, 2.24) is 9.88 Å². The van der Waals surface area contributed by atoms with E-state index in [9.17, 15) is 22.0 Å². The van der Waals surface area contributed by atoms with Crippen LogP contribution in [0.4, 0.5) is 23.7 Å². The van der Waals surface area contributed by atoms with Crippen molar-refractivity contribution in [3.05, 3.63) is 54.4 Å². The van der Waals surface area contributed by atoms with Crippen molar-refractivity contribution in [3.63, 3.8) is 0 Å². The van der Waals surface area contributed by atoms with Crippen molar-refractivity contribution in [2.45, 2.75) is 29.7 Å². The van der Waals surface area contributed by atoms with E-state index in [0.717, 1.165) is 37.4 Å². The first-order valence-electron chi connectivity index (χ1n) is 8.97. The van der Waals surface area contributed by atoms with E-state index >= 15 is 4.39 Å². The van der Waals surface area contributed by atoms with Gasteiger partial charge in [0.1, 0.15) is 11.6 Å². The predicted molar refractivity (Wildman–Crippen MR) is 101 cm³/mol. The number of halogens is 3. The lowest BCUT2D eigenvalue weighted by molar-refractivity contribution is 0.117. The number of carbonyl (C=O) groups is 1. The fourth-order valence-electron chi connectivity index (χ4n) is 3.36. The van der Waals surface area contributed by atoms with Gasteiger partial charge in [-0.15, -0.1) is 0 Å². The standard InChI is InChI=1S/C19H20F3N3O3S/c1-19(22,29(27,28)17-4-2-3-14(20)10-17)13-5-7-25(8-6-13)18(26)24-16-9-15(21)11-23-12-16/h2-4,9-13H,5-8H2,1H3,(H,24,26). The number of anilines is 1. The molecule has 0 bridgehead atoms. The number of likely N-dealkylation sites (tertiary alicyclic amines) is 1. The lowest BCUT2D eigenvalue weighted by Crippen LogP contribution is -2.48. The third kappa shape index (κ3) is 4.36. The van der Waals surface area contributed by atoms with Gasteiger partial charge in [0.25, 0.3) is 0 Å². The first-order chi connectivity index (χ1) is 13.6. The average molecular weight is 427 g/mol. The van der Waals surface area contributed by atoms with Gasteiger partial charge in [-0.05, 0) is 38.0 Å². The highest BCUT2D eigenvalue weighted by Crippen LogP contribution is 2.39. The molecule has 29 heavy (non-hydrogen) atoms. The van der Waals surface area contributed by atoms with Crippen molar-refractivity contribution in [2.24, 2.45) is 5.92 Å². The molecule has 2 heterocycles. The van der Waals surface area contributed by atoms with Gasteiger partial charge in [-0.2, -0.15) is 0 Å². The fraction of sp³-hybridized carbons (Fsp3) is 0.368. The summed E-state index contributed by atoms with van der Waals surface area (Å²) in [7, 11) is -4.43. The first kappa shape index (κ1) is 21.1.